The van der Waals surface area contributed by atoms with E-state index in [2.05, 4.69) is 4.98 Å². The van der Waals surface area contributed by atoms with Crippen LogP contribution in [-0.2, 0) is 0 Å². The molecule has 14 heavy (non-hydrogen) atoms. The fraction of sp³-hybridized carbons (Fsp3) is 0. The summed E-state index contributed by atoms with van der Waals surface area (Å²) in [5, 5.41) is 0.865. The number of hydrogen-bond acceptors (Lipinski definition) is 2. The van der Waals surface area contributed by atoms with Gasteiger partial charge in [-0.15, -0.1) is 0 Å². The zero-order valence-corrected chi connectivity index (χ0v) is 7.28. The lowest BCUT2D eigenvalue weighted by Gasteiger charge is -1.90. The minimum Gasteiger partial charge on any atom is -0.364 e. The lowest BCUT2D eigenvalue weighted by Crippen LogP contribution is -2.10. The van der Waals surface area contributed by atoms with Gasteiger partial charge in [0.1, 0.15) is 12.0 Å². The van der Waals surface area contributed by atoms with E-state index in [1.807, 2.05) is 0 Å². The van der Waals surface area contributed by atoms with Gasteiger partial charge < -0.3 is 10.7 Å². The second-order valence-corrected chi connectivity index (χ2v) is 3.01. The number of aldehydes is 1. The molecule has 2 rings (SSSR count). The number of carbonyl (C=O) groups is 2. The summed E-state index contributed by atoms with van der Waals surface area (Å²) in [5.74, 6) is -0.506. The molecule has 1 aromatic carbocycles. The summed E-state index contributed by atoms with van der Waals surface area (Å²) in [6.07, 6.45) is 0.754. The Kier molecular flexibility index (Phi) is 1.81. The maximum atomic E-state index is 10.8. The lowest BCUT2D eigenvalue weighted by molar-refractivity contribution is 0.0996. The van der Waals surface area contributed by atoms with Crippen molar-refractivity contribution in [2.45, 2.75) is 0 Å². The van der Waals surface area contributed by atoms with Gasteiger partial charge in [-0.25, -0.2) is 0 Å². The monoisotopic (exact) mass is 188 g/mol. The van der Waals surface area contributed by atoms with Gasteiger partial charge in [0.25, 0.3) is 5.91 Å². The van der Waals surface area contributed by atoms with Crippen LogP contribution < -0.4 is 5.73 Å². The molecule has 70 valence electrons. The van der Waals surface area contributed by atoms with E-state index in [-0.39, 0.29) is 0 Å². The third-order valence-corrected chi connectivity index (χ3v) is 2.05. The lowest BCUT2D eigenvalue weighted by atomic mass is 10.2. The van der Waals surface area contributed by atoms with Gasteiger partial charge in [-0.3, -0.25) is 9.59 Å². The second kappa shape index (κ2) is 2.99. The van der Waals surface area contributed by atoms with E-state index in [1.54, 1.807) is 24.3 Å². The first kappa shape index (κ1) is 8.50. The number of primary amides is 1. The second-order valence-electron chi connectivity index (χ2n) is 3.01. The maximum Gasteiger partial charge on any atom is 0.265 e. The highest BCUT2D eigenvalue weighted by atomic mass is 16.1. The Morgan fingerprint density at radius 1 is 1.36 bits per heavy atom. The Morgan fingerprint density at radius 2 is 2.14 bits per heavy atom. The maximum absolute atomic E-state index is 10.8. The molecule has 0 radical (unpaired) electrons. The molecule has 4 heteroatoms. The van der Waals surface area contributed by atoms with Crippen LogP contribution in [0.3, 0.4) is 0 Å². The molecule has 0 aliphatic carbocycles. The molecule has 0 spiro atoms. The van der Waals surface area contributed by atoms with Crippen molar-refractivity contribution in [3.8, 4) is 0 Å². The van der Waals surface area contributed by atoms with Crippen LogP contribution in [0.25, 0.3) is 10.9 Å². The number of aromatic nitrogens is 1. The molecule has 1 heterocycles. The Balaban J connectivity index is 2.65. The number of amides is 1. The fourth-order valence-corrected chi connectivity index (χ4v) is 1.35. The number of hydrogen-bond donors (Lipinski definition) is 2. The SMILES string of the molecule is NC(=O)c1cc2ccc(C=O)cc2[nH]1. The molecule has 0 saturated heterocycles. The summed E-state index contributed by atoms with van der Waals surface area (Å²) in [6, 6.07) is 6.79. The summed E-state index contributed by atoms with van der Waals surface area (Å²) in [5.41, 5.74) is 6.76. The molecular formula is C10H8N2O2. The van der Waals surface area contributed by atoms with E-state index >= 15 is 0 Å². The van der Waals surface area contributed by atoms with Crippen LogP contribution in [-0.4, -0.2) is 17.2 Å². The Bertz CT molecular complexity index is 514. The minimum absolute atomic E-state index is 0.350. The predicted octanol–water partition coefficient (Wildman–Crippen LogP) is 1.08. The topological polar surface area (TPSA) is 76.0 Å². The van der Waals surface area contributed by atoms with Crippen molar-refractivity contribution >= 4 is 23.1 Å². The number of fused-ring (bicyclic) bond motifs is 1. The van der Waals surface area contributed by atoms with Gasteiger partial charge in [0.05, 0.1) is 0 Å². The molecule has 0 unspecified atom stereocenters. The van der Waals surface area contributed by atoms with Crippen LogP contribution in [0.2, 0.25) is 0 Å². The molecule has 2 aromatic rings. The highest BCUT2D eigenvalue weighted by Crippen LogP contribution is 2.16. The van der Waals surface area contributed by atoms with Gasteiger partial charge in [0.15, 0.2) is 0 Å². The molecule has 1 aromatic heterocycles. The first-order chi connectivity index (χ1) is 6.70. The minimum atomic E-state index is -0.506. The molecule has 0 atom stereocenters. The van der Waals surface area contributed by atoms with Crippen LogP contribution in [0, 0.1) is 0 Å². The first-order valence-electron chi connectivity index (χ1n) is 4.08. The zero-order chi connectivity index (χ0) is 10.1. The van der Waals surface area contributed by atoms with Gasteiger partial charge in [-0.2, -0.15) is 0 Å². The van der Waals surface area contributed by atoms with E-state index in [0.29, 0.717) is 11.3 Å². The van der Waals surface area contributed by atoms with Crippen LogP contribution in [0.5, 0.6) is 0 Å². The summed E-state index contributed by atoms with van der Waals surface area (Å²) < 4.78 is 0. The van der Waals surface area contributed by atoms with Crippen LogP contribution in [0.4, 0.5) is 0 Å². The van der Waals surface area contributed by atoms with Crippen molar-refractivity contribution in [1.82, 2.24) is 4.98 Å². The summed E-state index contributed by atoms with van der Waals surface area (Å²) in [4.78, 5) is 24.2. The number of benzene rings is 1. The number of H-pyrrole nitrogens is 1. The molecule has 0 fully saturated rings. The molecule has 1 amide bonds. The number of carbonyl (C=O) groups excluding carboxylic acids is 2. The smallest absolute Gasteiger partial charge is 0.265 e. The largest absolute Gasteiger partial charge is 0.364 e. The number of nitrogens with one attached hydrogen (secondary N) is 1. The van der Waals surface area contributed by atoms with Gasteiger partial charge in [0.2, 0.25) is 0 Å². The van der Waals surface area contributed by atoms with Crippen molar-refractivity contribution in [3.63, 3.8) is 0 Å². The number of nitrogens with two attached hydrogens (primary N) is 1. The Labute approximate surface area is 79.7 Å². The van der Waals surface area contributed by atoms with Crippen LogP contribution in [0.1, 0.15) is 20.8 Å². The van der Waals surface area contributed by atoms with E-state index < -0.39 is 5.91 Å². The zero-order valence-electron chi connectivity index (χ0n) is 7.28. The Hall–Kier alpha value is -2.10. The highest BCUT2D eigenvalue weighted by molar-refractivity contribution is 5.98. The van der Waals surface area contributed by atoms with Crippen molar-refractivity contribution in [2.75, 3.05) is 0 Å². The molecule has 0 bridgehead atoms. The van der Waals surface area contributed by atoms with Gasteiger partial charge in [-0.1, -0.05) is 12.1 Å². The van der Waals surface area contributed by atoms with Crippen molar-refractivity contribution in [3.05, 3.63) is 35.5 Å². The quantitative estimate of drug-likeness (QED) is 0.692. The van der Waals surface area contributed by atoms with Gasteiger partial charge in [0, 0.05) is 16.5 Å². The third-order valence-electron chi connectivity index (χ3n) is 2.05. The predicted molar refractivity (Wildman–Crippen MR) is 52.2 cm³/mol. The summed E-state index contributed by atoms with van der Waals surface area (Å²) >= 11 is 0. The van der Waals surface area contributed by atoms with Crippen molar-refractivity contribution in [2.24, 2.45) is 5.73 Å². The number of aromatic amines is 1. The van der Waals surface area contributed by atoms with E-state index in [0.717, 1.165) is 17.2 Å². The van der Waals surface area contributed by atoms with Crippen LogP contribution in [0.15, 0.2) is 24.3 Å². The molecule has 3 N–H and O–H groups in total. The molecular weight excluding hydrogens is 180 g/mol. The van der Waals surface area contributed by atoms with Crippen molar-refractivity contribution < 1.29 is 9.59 Å². The fourth-order valence-electron chi connectivity index (χ4n) is 1.35. The molecule has 0 saturated carbocycles. The highest BCUT2D eigenvalue weighted by Gasteiger charge is 2.05. The molecule has 4 nitrogen and oxygen atoms in total. The average molecular weight is 188 g/mol. The van der Waals surface area contributed by atoms with Gasteiger partial charge in [-0.05, 0) is 12.1 Å². The normalized spacial score (nSPS) is 10.3. The molecule has 0 aliphatic heterocycles. The van der Waals surface area contributed by atoms with Crippen LogP contribution >= 0.6 is 0 Å². The number of rotatable bonds is 2. The molecule has 0 aliphatic rings. The standard InChI is InChI=1S/C10H8N2O2/c11-10(14)9-4-7-2-1-6(5-13)3-8(7)12-9/h1-5,12H,(H2,11,14). The van der Waals surface area contributed by atoms with E-state index in [9.17, 15) is 9.59 Å². The van der Waals surface area contributed by atoms with E-state index in [1.165, 1.54) is 0 Å². The van der Waals surface area contributed by atoms with Crippen molar-refractivity contribution in [1.29, 1.82) is 0 Å². The van der Waals surface area contributed by atoms with Gasteiger partial charge >= 0.3 is 0 Å². The van der Waals surface area contributed by atoms with E-state index in [4.69, 9.17) is 5.73 Å². The third kappa shape index (κ3) is 1.26. The average Bonchev–Trinajstić information content (AvgIpc) is 2.59. The summed E-state index contributed by atoms with van der Waals surface area (Å²) in [6.45, 7) is 0. The summed E-state index contributed by atoms with van der Waals surface area (Å²) in [7, 11) is 0. The first-order valence-corrected chi connectivity index (χ1v) is 4.08. The Morgan fingerprint density at radius 3 is 2.79 bits per heavy atom.